The first-order chi connectivity index (χ1) is 10.6. The van der Waals surface area contributed by atoms with E-state index in [4.69, 9.17) is 11.6 Å². The van der Waals surface area contributed by atoms with E-state index in [9.17, 15) is 5.11 Å². The van der Waals surface area contributed by atoms with Crippen LogP contribution in [-0.2, 0) is 0 Å². The van der Waals surface area contributed by atoms with Crippen molar-refractivity contribution >= 4 is 28.2 Å². The summed E-state index contributed by atoms with van der Waals surface area (Å²) in [6.45, 7) is 2.11. The molecule has 112 valence electrons. The Labute approximate surface area is 133 Å². The molecule has 0 radical (unpaired) electrons. The van der Waals surface area contributed by atoms with Gasteiger partial charge in [0.2, 0.25) is 0 Å². The Morgan fingerprint density at radius 1 is 1.14 bits per heavy atom. The average Bonchev–Trinajstić information content (AvgIpc) is 2.53. The number of halogens is 1. The molecule has 0 amide bonds. The summed E-state index contributed by atoms with van der Waals surface area (Å²) in [5.41, 5.74) is 1.71. The van der Waals surface area contributed by atoms with Crippen LogP contribution in [0.5, 0.6) is 0 Å². The van der Waals surface area contributed by atoms with Gasteiger partial charge in [0, 0.05) is 40.3 Å². The van der Waals surface area contributed by atoms with Crippen LogP contribution in [0.25, 0.3) is 22.0 Å². The van der Waals surface area contributed by atoms with E-state index in [-0.39, 0.29) is 0 Å². The minimum atomic E-state index is -0.468. The van der Waals surface area contributed by atoms with Gasteiger partial charge in [0.15, 0.2) is 5.82 Å². The molecule has 0 fully saturated rings. The highest BCUT2D eigenvalue weighted by Gasteiger charge is 2.11. The lowest BCUT2D eigenvalue weighted by Gasteiger charge is -2.11. The maximum Gasteiger partial charge on any atom is 0.158 e. The molecule has 2 heterocycles. The van der Waals surface area contributed by atoms with E-state index in [1.54, 1.807) is 19.3 Å². The molecular formula is C16H15ClN4O. The Bertz CT molecular complexity index is 790. The number of fused-ring (bicyclic) bond motifs is 1. The molecule has 3 aromatic rings. The monoisotopic (exact) mass is 314 g/mol. The quantitative estimate of drug-likeness (QED) is 0.774. The standard InChI is InChI=1S/C16H15ClN4O/c1-10(22)8-19-16-14-9-18-7-6-13(14)15(20-21-16)11-2-4-12(17)5-3-11/h2-7,9-10,22H,8H2,1H3,(H,19,21)/t10-/m1/s1. The molecule has 0 aliphatic heterocycles. The molecule has 3 rings (SSSR count). The number of aromatic nitrogens is 3. The van der Waals surface area contributed by atoms with Crippen molar-refractivity contribution in [2.24, 2.45) is 0 Å². The lowest BCUT2D eigenvalue weighted by atomic mass is 10.1. The number of hydrogen-bond donors (Lipinski definition) is 2. The fourth-order valence-electron chi connectivity index (χ4n) is 2.19. The molecule has 0 aliphatic rings. The molecular weight excluding hydrogens is 300 g/mol. The van der Waals surface area contributed by atoms with Gasteiger partial charge < -0.3 is 10.4 Å². The van der Waals surface area contributed by atoms with Crippen molar-refractivity contribution in [2.75, 3.05) is 11.9 Å². The predicted octanol–water partition coefficient (Wildman–Crippen LogP) is 3.14. The lowest BCUT2D eigenvalue weighted by molar-refractivity contribution is 0.208. The zero-order valence-corrected chi connectivity index (χ0v) is 12.7. The van der Waals surface area contributed by atoms with Crippen molar-refractivity contribution < 1.29 is 5.11 Å². The first-order valence-corrected chi connectivity index (χ1v) is 7.31. The van der Waals surface area contributed by atoms with Crippen molar-refractivity contribution in [3.05, 3.63) is 47.7 Å². The van der Waals surface area contributed by atoms with Gasteiger partial charge in [0.1, 0.15) is 5.69 Å². The zero-order valence-electron chi connectivity index (χ0n) is 12.0. The Hall–Kier alpha value is -2.24. The van der Waals surface area contributed by atoms with Gasteiger partial charge in [-0.05, 0) is 25.1 Å². The van der Waals surface area contributed by atoms with Crippen LogP contribution in [0.3, 0.4) is 0 Å². The molecule has 1 aromatic carbocycles. The summed E-state index contributed by atoms with van der Waals surface area (Å²) in [7, 11) is 0. The van der Waals surface area contributed by atoms with Gasteiger partial charge in [-0.2, -0.15) is 0 Å². The highest BCUT2D eigenvalue weighted by Crippen LogP contribution is 2.29. The van der Waals surface area contributed by atoms with E-state index in [1.165, 1.54) is 0 Å². The van der Waals surface area contributed by atoms with Crippen LogP contribution >= 0.6 is 11.6 Å². The second-order valence-corrected chi connectivity index (χ2v) is 5.49. The van der Waals surface area contributed by atoms with E-state index in [0.29, 0.717) is 17.4 Å². The fourth-order valence-corrected chi connectivity index (χ4v) is 2.32. The summed E-state index contributed by atoms with van der Waals surface area (Å²) in [6.07, 6.45) is 3.00. The van der Waals surface area contributed by atoms with Crippen molar-refractivity contribution in [1.29, 1.82) is 0 Å². The molecule has 0 unspecified atom stereocenters. The van der Waals surface area contributed by atoms with Crippen molar-refractivity contribution in [3.8, 4) is 11.3 Å². The predicted molar refractivity (Wildman–Crippen MR) is 87.9 cm³/mol. The minimum absolute atomic E-state index is 0.402. The maximum absolute atomic E-state index is 9.41. The molecule has 0 bridgehead atoms. The van der Waals surface area contributed by atoms with E-state index in [1.807, 2.05) is 30.3 Å². The number of aliphatic hydroxyl groups is 1. The van der Waals surface area contributed by atoms with Crippen molar-refractivity contribution in [1.82, 2.24) is 15.2 Å². The van der Waals surface area contributed by atoms with Gasteiger partial charge in [-0.25, -0.2) is 0 Å². The van der Waals surface area contributed by atoms with Crippen LogP contribution in [0.1, 0.15) is 6.92 Å². The summed E-state index contributed by atoms with van der Waals surface area (Å²) in [6, 6.07) is 9.38. The minimum Gasteiger partial charge on any atom is -0.392 e. The molecule has 0 spiro atoms. The number of aliphatic hydroxyl groups excluding tert-OH is 1. The second kappa shape index (κ2) is 6.25. The largest absolute Gasteiger partial charge is 0.392 e. The molecule has 0 saturated carbocycles. The van der Waals surface area contributed by atoms with Gasteiger partial charge >= 0.3 is 0 Å². The smallest absolute Gasteiger partial charge is 0.158 e. The van der Waals surface area contributed by atoms with E-state index in [2.05, 4.69) is 20.5 Å². The Morgan fingerprint density at radius 3 is 2.64 bits per heavy atom. The number of benzene rings is 1. The van der Waals surface area contributed by atoms with Crippen LogP contribution in [0.4, 0.5) is 5.82 Å². The molecule has 0 saturated heterocycles. The third kappa shape index (κ3) is 3.00. The summed E-state index contributed by atoms with van der Waals surface area (Å²) in [5, 5.41) is 23.5. The van der Waals surface area contributed by atoms with Crippen LogP contribution in [-0.4, -0.2) is 32.9 Å². The van der Waals surface area contributed by atoms with E-state index >= 15 is 0 Å². The number of hydrogen-bond acceptors (Lipinski definition) is 5. The van der Waals surface area contributed by atoms with Crippen molar-refractivity contribution in [2.45, 2.75) is 13.0 Å². The highest BCUT2D eigenvalue weighted by atomic mass is 35.5. The molecule has 6 heteroatoms. The van der Waals surface area contributed by atoms with Crippen molar-refractivity contribution in [3.63, 3.8) is 0 Å². The first kappa shape index (κ1) is 14.7. The first-order valence-electron chi connectivity index (χ1n) is 6.93. The fraction of sp³-hybridized carbons (Fsp3) is 0.188. The maximum atomic E-state index is 9.41. The molecule has 22 heavy (non-hydrogen) atoms. The van der Waals surface area contributed by atoms with Gasteiger partial charge in [0.25, 0.3) is 0 Å². The molecule has 2 N–H and O–H groups in total. The summed E-state index contributed by atoms with van der Waals surface area (Å²) in [5.74, 6) is 0.613. The average molecular weight is 315 g/mol. The third-order valence-electron chi connectivity index (χ3n) is 3.26. The molecule has 5 nitrogen and oxygen atoms in total. The molecule has 0 aliphatic carbocycles. The SMILES string of the molecule is C[C@@H](O)CNc1nnc(-c2ccc(Cl)cc2)c2ccncc12. The highest BCUT2D eigenvalue weighted by molar-refractivity contribution is 6.30. The summed E-state index contributed by atoms with van der Waals surface area (Å²) >= 11 is 5.93. The topological polar surface area (TPSA) is 70.9 Å². The second-order valence-electron chi connectivity index (χ2n) is 5.06. The number of pyridine rings is 1. The molecule has 1 atom stereocenters. The van der Waals surface area contributed by atoms with Crippen LogP contribution in [0, 0.1) is 0 Å². The number of rotatable bonds is 4. The Balaban J connectivity index is 2.09. The zero-order chi connectivity index (χ0) is 15.5. The van der Waals surface area contributed by atoms with Gasteiger partial charge in [-0.15, -0.1) is 10.2 Å². The summed E-state index contributed by atoms with van der Waals surface area (Å²) in [4.78, 5) is 4.16. The Morgan fingerprint density at radius 2 is 1.91 bits per heavy atom. The number of nitrogens with one attached hydrogen (secondary N) is 1. The molecule has 2 aromatic heterocycles. The number of nitrogens with zero attached hydrogens (tertiary/aromatic N) is 3. The van der Waals surface area contributed by atoms with Crippen LogP contribution in [0.15, 0.2) is 42.7 Å². The van der Waals surface area contributed by atoms with Crippen LogP contribution in [0.2, 0.25) is 5.02 Å². The number of anilines is 1. The van der Waals surface area contributed by atoms with Crippen LogP contribution < -0.4 is 5.32 Å². The van der Waals surface area contributed by atoms with Gasteiger partial charge in [0.05, 0.1) is 6.10 Å². The van der Waals surface area contributed by atoms with E-state index < -0.39 is 6.10 Å². The summed E-state index contributed by atoms with van der Waals surface area (Å²) < 4.78 is 0. The lowest BCUT2D eigenvalue weighted by Crippen LogP contribution is -2.16. The van der Waals surface area contributed by atoms with E-state index in [0.717, 1.165) is 22.0 Å². The van der Waals surface area contributed by atoms with Gasteiger partial charge in [-0.1, -0.05) is 23.7 Å². The van der Waals surface area contributed by atoms with Gasteiger partial charge in [-0.3, -0.25) is 4.98 Å². The normalized spacial score (nSPS) is 12.3. The Kier molecular flexibility index (Phi) is 4.18. The third-order valence-corrected chi connectivity index (χ3v) is 3.52.